The Labute approximate surface area is 177 Å². The number of nitro benzene ring substituents is 1. The van der Waals surface area contributed by atoms with Gasteiger partial charge in [-0.05, 0) is 43.7 Å². The quantitative estimate of drug-likeness (QED) is 0.409. The van der Waals surface area contributed by atoms with Gasteiger partial charge in [0.15, 0.2) is 6.10 Å². The van der Waals surface area contributed by atoms with Gasteiger partial charge in [-0.15, -0.1) is 0 Å². The number of nitro groups is 1. The lowest BCUT2D eigenvalue weighted by atomic mass is 10.2. The third-order valence-corrected chi connectivity index (χ3v) is 4.79. The Morgan fingerprint density at radius 3 is 2.48 bits per heavy atom. The van der Waals surface area contributed by atoms with Gasteiger partial charge in [-0.2, -0.15) is 0 Å². The van der Waals surface area contributed by atoms with Crippen LogP contribution in [-0.2, 0) is 14.3 Å². The molecule has 1 atom stereocenters. The maximum atomic E-state index is 12.4. The molecule has 2 amide bonds. The highest BCUT2D eigenvalue weighted by molar-refractivity contribution is 5.99. The number of carbonyl (C=O) groups excluding carboxylic acids is 3. The van der Waals surface area contributed by atoms with Crippen molar-refractivity contribution in [3.05, 3.63) is 58.1 Å². The van der Waals surface area contributed by atoms with Crippen LogP contribution in [0, 0.1) is 10.1 Å². The Morgan fingerprint density at radius 1 is 1.19 bits per heavy atom. The summed E-state index contributed by atoms with van der Waals surface area (Å²) in [4.78, 5) is 48.6. The van der Waals surface area contributed by atoms with Gasteiger partial charge in [0.1, 0.15) is 5.75 Å². The van der Waals surface area contributed by atoms with Gasteiger partial charge in [0.2, 0.25) is 5.91 Å². The number of amides is 2. The molecule has 10 nitrogen and oxygen atoms in total. The van der Waals surface area contributed by atoms with Crippen molar-refractivity contribution >= 4 is 34.8 Å². The van der Waals surface area contributed by atoms with Gasteiger partial charge in [0.05, 0.1) is 23.3 Å². The standard InChI is InChI=1S/C21H21N3O7/c1-13(20(26)22-17-12-16(24(28)29)9-10-18(17)30-2)31-21(27)14-5-7-15(8-6-14)23-11-3-4-19(23)25/h5-10,12-13H,3-4,11H2,1-2H3,(H,22,26). The van der Waals surface area contributed by atoms with E-state index in [0.717, 1.165) is 12.5 Å². The van der Waals surface area contributed by atoms with Crippen LogP contribution in [0.15, 0.2) is 42.5 Å². The van der Waals surface area contributed by atoms with Crippen LogP contribution in [0.3, 0.4) is 0 Å². The van der Waals surface area contributed by atoms with Gasteiger partial charge in [0.25, 0.3) is 11.6 Å². The maximum absolute atomic E-state index is 12.4. The summed E-state index contributed by atoms with van der Waals surface area (Å²) >= 11 is 0. The number of anilines is 2. The maximum Gasteiger partial charge on any atom is 0.338 e. The van der Waals surface area contributed by atoms with Gasteiger partial charge in [-0.25, -0.2) is 4.79 Å². The Kier molecular flexibility index (Phi) is 6.49. The zero-order valence-corrected chi connectivity index (χ0v) is 17.0. The van der Waals surface area contributed by atoms with E-state index in [1.54, 1.807) is 17.0 Å². The van der Waals surface area contributed by atoms with E-state index in [4.69, 9.17) is 9.47 Å². The molecule has 0 aliphatic carbocycles. The highest BCUT2D eigenvalue weighted by Gasteiger charge is 2.24. The van der Waals surface area contributed by atoms with Crippen LogP contribution in [0.2, 0.25) is 0 Å². The lowest BCUT2D eigenvalue weighted by Crippen LogP contribution is -2.30. The summed E-state index contributed by atoms with van der Waals surface area (Å²) in [7, 11) is 1.36. The minimum absolute atomic E-state index is 0.0391. The molecular weight excluding hydrogens is 406 g/mol. The molecule has 2 aromatic rings. The molecule has 1 unspecified atom stereocenters. The second-order valence-electron chi connectivity index (χ2n) is 6.87. The van der Waals surface area contributed by atoms with E-state index in [-0.39, 0.29) is 28.6 Å². The van der Waals surface area contributed by atoms with E-state index < -0.39 is 22.9 Å². The van der Waals surface area contributed by atoms with Crippen molar-refractivity contribution in [2.75, 3.05) is 23.9 Å². The van der Waals surface area contributed by atoms with Crippen molar-refractivity contribution in [3.63, 3.8) is 0 Å². The number of non-ortho nitro benzene ring substituents is 1. The highest BCUT2D eigenvalue weighted by atomic mass is 16.6. The number of esters is 1. The summed E-state index contributed by atoms with van der Waals surface area (Å²) in [5, 5.41) is 13.4. The predicted octanol–water partition coefficient (Wildman–Crippen LogP) is 2.91. The van der Waals surface area contributed by atoms with Crippen molar-refractivity contribution in [1.82, 2.24) is 0 Å². The molecule has 0 radical (unpaired) electrons. The van der Waals surface area contributed by atoms with Crippen LogP contribution >= 0.6 is 0 Å². The normalized spacial score (nSPS) is 14.1. The number of benzene rings is 2. The van der Waals surface area contributed by atoms with Crippen molar-refractivity contribution in [1.29, 1.82) is 0 Å². The molecule has 3 rings (SSSR count). The molecule has 31 heavy (non-hydrogen) atoms. The number of nitrogens with zero attached hydrogens (tertiary/aromatic N) is 2. The molecule has 2 aromatic carbocycles. The molecule has 0 saturated carbocycles. The van der Waals surface area contributed by atoms with Gasteiger partial charge < -0.3 is 19.7 Å². The summed E-state index contributed by atoms with van der Waals surface area (Å²) in [5.41, 5.74) is 0.784. The fraction of sp³-hybridized carbons (Fsp3) is 0.286. The van der Waals surface area contributed by atoms with Crippen LogP contribution in [0.4, 0.5) is 17.1 Å². The minimum Gasteiger partial charge on any atom is -0.495 e. The Bertz CT molecular complexity index is 1020. The van der Waals surface area contributed by atoms with Crippen molar-refractivity contribution in [3.8, 4) is 5.75 Å². The van der Waals surface area contributed by atoms with Gasteiger partial charge >= 0.3 is 5.97 Å². The highest BCUT2D eigenvalue weighted by Crippen LogP contribution is 2.29. The number of methoxy groups -OCH3 is 1. The Balaban J connectivity index is 1.64. The summed E-state index contributed by atoms with van der Waals surface area (Å²) in [5.74, 6) is -1.12. The largest absolute Gasteiger partial charge is 0.495 e. The topological polar surface area (TPSA) is 128 Å². The van der Waals surface area contributed by atoms with Gasteiger partial charge in [0, 0.05) is 30.8 Å². The molecular formula is C21H21N3O7. The summed E-state index contributed by atoms with van der Waals surface area (Å²) in [6.45, 7) is 2.02. The molecule has 10 heteroatoms. The summed E-state index contributed by atoms with van der Waals surface area (Å²) in [6, 6.07) is 10.1. The van der Waals surface area contributed by atoms with Crippen LogP contribution in [0.1, 0.15) is 30.1 Å². The zero-order valence-electron chi connectivity index (χ0n) is 17.0. The van der Waals surface area contributed by atoms with Crippen LogP contribution < -0.4 is 15.0 Å². The number of hydrogen-bond donors (Lipinski definition) is 1. The van der Waals surface area contributed by atoms with Crippen LogP contribution in [0.5, 0.6) is 5.75 Å². The van der Waals surface area contributed by atoms with Crippen molar-refractivity contribution < 1.29 is 28.8 Å². The number of ether oxygens (including phenoxy) is 2. The second-order valence-corrected chi connectivity index (χ2v) is 6.87. The Morgan fingerprint density at radius 2 is 1.90 bits per heavy atom. The molecule has 162 valence electrons. The SMILES string of the molecule is COc1ccc([N+](=O)[O-])cc1NC(=O)C(C)OC(=O)c1ccc(N2CCCC2=O)cc1. The molecule has 1 heterocycles. The molecule has 1 aliphatic heterocycles. The third kappa shape index (κ3) is 4.97. The fourth-order valence-electron chi connectivity index (χ4n) is 3.12. The first kappa shape index (κ1) is 21.8. The zero-order chi connectivity index (χ0) is 22.5. The average molecular weight is 427 g/mol. The lowest BCUT2D eigenvalue weighted by Gasteiger charge is -2.17. The minimum atomic E-state index is -1.17. The second kappa shape index (κ2) is 9.24. The molecule has 1 saturated heterocycles. The first-order chi connectivity index (χ1) is 14.8. The molecule has 0 bridgehead atoms. The first-order valence-corrected chi connectivity index (χ1v) is 9.55. The van der Waals surface area contributed by atoms with E-state index in [1.165, 1.54) is 38.3 Å². The predicted molar refractivity (Wildman–Crippen MR) is 111 cm³/mol. The number of rotatable bonds is 7. The number of carbonyl (C=O) groups is 3. The molecule has 1 aliphatic rings. The molecule has 0 spiro atoms. The lowest BCUT2D eigenvalue weighted by molar-refractivity contribution is -0.384. The molecule has 1 fully saturated rings. The van der Waals surface area contributed by atoms with Crippen LogP contribution in [-0.4, -0.2) is 42.5 Å². The molecule has 1 N–H and O–H groups in total. The third-order valence-electron chi connectivity index (χ3n) is 4.79. The monoisotopic (exact) mass is 427 g/mol. The molecule has 0 aromatic heterocycles. The van der Waals surface area contributed by atoms with Crippen molar-refractivity contribution in [2.24, 2.45) is 0 Å². The average Bonchev–Trinajstić information content (AvgIpc) is 3.19. The van der Waals surface area contributed by atoms with Crippen molar-refractivity contribution in [2.45, 2.75) is 25.9 Å². The van der Waals surface area contributed by atoms with E-state index in [0.29, 0.717) is 18.7 Å². The summed E-state index contributed by atoms with van der Waals surface area (Å²) in [6.07, 6.45) is 0.132. The smallest absolute Gasteiger partial charge is 0.338 e. The van der Waals surface area contributed by atoms with E-state index in [1.807, 2.05) is 0 Å². The fourth-order valence-corrected chi connectivity index (χ4v) is 3.12. The summed E-state index contributed by atoms with van der Waals surface area (Å²) < 4.78 is 10.3. The number of nitrogens with one attached hydrogen (secondary N) is 1. The van der Waals surface area contributed by atoms with E-state index in [9.17, 15) is 24.5 Å². The first-order valence-electron chi connectivity index (χ1n) is 9.55. The van der Waals surface area contributed by atoms with E-state index in [2.05, 4.69) is 5.32 Å². The van der Waals surface area contributed by atoms with E-state index >= 15 is 0 Å². The number of hydrogen-bond acceptors (Lipinski definition) is 7. The van der Waals surface area contributed by atoms with Gasteiger partial charge in [-0.1, -0.05) is 0 Å². The van der Waals surface area contributed by atoms with Gasteiger partial charge in [-0.3, -0.25) is 19.7 Å². The Hall–Kier alpha value is -3.95. The van der Waals surface area contributed by atoms with Crippen LogP contribution in [0.25, 0.3) is 0 Å².